The summed E-state index contributed by atoms with van der Waals surface area (Å²) in [4.78, 5) is 23.4. The molecular weight excluding hydrogens is 525 g/mol. The zero-order valence-corrected chi connectivity index (χ0v) is 22.3. The summed E-state index contributed by atoms with van der Waals surface area (Å²) in [5.41, 5.74) is 6.73. The quantitative estimate of drug-likeness (QED) is 0.334. The first-order chi connectivity index (χ1) is 18.4. The van der Waals surface area contributed by atoms with E-state index < -0.39 is 6.10 Å². The van der Waals surface area contributed by atoms with Gasteiger partial charge in [-0.15, -0.1) is 5.10 Å². The van der Waals surface area contributed by atoms with E-state index in [0.717, 1.165) is 43.5 Å². The number of nitrogens with one attached hydrogen (secondary N) is 1. The number of hydrogen-bond donors (Lipinski definition) is 2. The van der Waals surface area contributed by atoms with Crippen molar-refractivity contribution < 1.29 is 9.90 Å². The van der Waals surface area contributed by atoms with Gasteiger partial charge in [-0.25, -0.2) is 19.7 Å². The van der Waals surface area contributed by atoms with Gasteiger partial charge in [-0.1, -0.05) is 59.1 Å². The van der Waals surface area contributed by atoms with Crippen LogP contribution >= 0.6 is 23.2 Å². The first-order valence-corrected chi connectivity index (χ1v) is 13.2. The molecule has 1 aliphatic heterocycles. The Hall–Kier alpha value is -3.37. The van der Waals surface area contributed by atoms with Gasteiger partial charge in [0.25, 0.3) is 5.91 Å². The highest BCUT2D eigenvalue weighted by Gasteiger charge is 2.24. The van der Waals surface area contributed by atoms with Crippen LogP contribution in [0.5, 0.6) is 0 Å². The minimum absolute atomic E-state index is 0.136. The van der Waals surface area contributed by atoms with Gasteiger partial charge in [0.05, 0.1) is 35.9 Å². The lowest BCUT2D eigenvalue weighted by Gasteiger charge is -2.27. The number of aromatic nitrogens is 5. The van der Waals surface area contributed by atoms with Crippen LogP contribution in [0.2, 0.25) is 10.0 Å². The number of carbonyl (C=O) groups excluding carboxylic acids is 1. The third kappa shape index (κ3) is 6.02. The van der Waals surface area contributed by atoms with Gasteiger partial charge in [-0.3, -0.25) is 10.2 Å². The Morgan fingerprint density at radius 1 is 0.947 bits per heavy atom. The molecule has 196 valence electrons. The molecular formula is C27H27Cl2N7O2. The molecule has 4 aromatic rings. The van der Waals surface area contributed by atoms with Crippen LogP contribution in [0, 0.1) is 0 Å². The van der Waals surface area contributed by atoms with Gasteiger partial charge in [-0.2, -0.15) is 0 Å². The number of piperidine rings is 1. The predicted octanol–water partition coefficient (Wildman–Crippen LogP) is 4.94. The van der Waals surface area contributed by atoms with Gasteiger partial charge in [-0.05, 0) is 44.0 Å². The molecule has 1 saturated heterocycles. The second kappa shape index (κ2) is 11.6. The largest absolute Gasteiger partial charge is 0.387 e. The average molecular weight is 552 g/mol. The molecule has 11 heteroatoms. The van der Waals surface area contributed by atoms with E-state index in [1.165, 1.54) is 4.68 Å². The van der Waals surface area contributed by atoms with Crippen molar-refractivity contribution in [3.05, 3.63) is 81.9 Å². The zero-order valence-electron chi connectivity index (χ0n) is 20.8. The van der Waals surface area contributed by atoms with Crippen molar-refractivity contribution in [2.24, 2.45) is 0 Å². The number of hydrazine groups is 1. The molecule has 0 aliphatic carbocycles. The summed E-state index contributed by atoms with van der Waals surface area (Å²) in [6.07, 6.45) is 4.05. The van der Waals surface area contributed by atoms with Gasteiger partial charge in [0.1, 0.15) is 5.69 Å². The number of rotatable bonds is 7. The minimum Gasteiger partial charge on any atom is -0.387 e. The van der Waals surface area contributed by atoms with E-state index in [-0.39, 0.29) is 18.1 Å². The summed E-state index contributed by atoms with van der Waals surface area (Å²) in [5.74, 6) is -0.344. The number of hydrogen-bond acceptors (Lipinski definition) is 7. The summed E-state index contributed by atoms with van der Waals surface area (Å²) in [6.45, 7) is 3.31. The normalized spacial score (nSPS) is 14.8. The Kier molecular flexibility index (Phi) is 7.99. The Balaban J connectivity index is 1.64. The molecule has 1 unspecified atom stereocenters. The second-order valence-corrected chi connectivity index (χ2v) is 10.1. The molecule has 5 rings (SSSR count). The fourth-order valence-corrected chi connectivity index (χ4v) is 4.57. The Morgan fingerprint density at radius 3 is 2.08 bits per heavy atom. The summed E-state index contributed by atoms with van der Waals surface area (Å²) in [7, 11) is 0. The molecule has 0 bridgehead atoms. The van der Waals surface area contributed by atoms with Crippen LogP contribution in [0.3, 0.4) is 0 Å². The summed E-state index contributed by atoms with van der Waals surface area (Å²) in [5, 5.41) is 21.1. The first-order valence-electron chi connectivity index (χ1n) is 12.4. The maximum Gasteiger partial charge on any atom is 0.286 e. The van der Waals surface area contributed by atoms with Crippen LogP contribution in [-0.4, -0.2) is 54.1 Å². The van der Waals surface area contributed by atoms with Crippen LogP contribution in [-0.2, 0) is 6.54 Å². The van der Waals surface area contributed by atoms with Gasteiger partial charge in [0.15, 0.2) is 5.69 Å². The summed E-state index contributed by atoms with van der Waals surface area (Å²) < 4.78 is 1.54. The molecule has 9 nitrogen and oxygen atoms in total. The van der Waals surface area contributed by atoms with E-state index in [9.17, 15) is 9.90 Å². The molecule has 2 aromatic carbocycles. The topological polar surface area (TPSA) is 109 Å². The smallest absolute Gasteiger partial charge is 0.286 e. The molecule has 2 N–H and O–H groups in total. The van der Waals surface area contributed by atoms with Crippen molar-refractivity contribution >= 4 is 29.1 Å². The van der Waals surface area contributed by atoms with E-state index in [2.05, 4.69) is 15.7 Å². The van der Waals surface area contributed by atoms with Crippen molar-refractivity contribution in [2.45, 2.75) is 38.8 Å². The summed E-state index contributed by atoms with van der Waals surface area (Å²) in [6, 6.07) is 14.6. The van der Waals surface area contributed by atoms with Crippen molar-refractivity contribution in [3.63, 3.8) is 0 Å². The highest BCUT2D eigenvalue weighted by Crippen LogP contribution is 2.32. The molecule has 0 radical (unpaired) electrons. The predicted molar refractivity (Wildman–Crippen MR) is 146 cm³/mol. The molecule has 0 saturated carbocycles. The Morgan fingerprint density at radius 2 is 1.53 bits per heavy atom. The zero-order chi connectivity index (χ0) is 26.6. The van der Waals surface area contributed by atoms with Crippen LogP contribution in [0.1, 0.15) is 54.2 Å². The van der Waals surface area contributed by atoms with E-state index in [4.69, 9.17) is 33.2 Å². The molecule has 3 heterocycles. The first kappa shape index (κ1) is 26.2. The SMILES string of the molecule is CC(O)c1cn(Cc2nc(-c3ccc(Cl)cc3)c(-c3ccc(Cl)cc3)nc2C(=O)NN2CCCCC2)nn1. The minimum atomic E-state index is -0.770. The Bertz CT molecular complexity index is 1420. The van der Waals surface area contributed by atoms with Gasteiger partial charge >= 0.3 is 0 Å². The van der Waals surface area contributed by atoms with Crippen molar-refractivity contribution in [3.8, 4) is 22.5 Å². The maximum atomic E-state index is 13.6. The Labute approximate surface area is 230 Å². The lowest BCUT2D eigenvalue weighted by Crippen LogP contribution is -2.45. The lowest BCUT2D eigenvalue weighted by molar-refractivity contribution is 0.0743. The monoisotopic (exact) mass is 551 g/mol. The van der Waals surface area contributed by atoms with Gasteiger partial charge < -0.3 is 5.11 Å². The van der Waals surface area contributed by atoms with Crippen LogP contribution in [0.4, 0.5) is 0 Å². The van der Waals surface area contributed by atoms with E-state index in [1.54, 1.807) is 37.4 Å². The third-order valence-electron chi connectivity index (χ3n) is 6.33. The van der Waals surface area contributed by atoms with Crippen LogP contribution in [0.15, 0.2) is 54.7 Å². The molecule has 1 amide bonds. The number of aliphatic hydroxyl groups is 1. The van der Waals surface area contributed by atoms with Crippen LogP contribution < -0.4 is 5.43 Å². The second-order valence-electron chi connectivity index (χ2n) is 9.24. The number of carbonyl (C=O) groups is 1. The highest BCUT2D eigenvalue weighted by molar-refractivity contribution is 6.31. The number of aliphatic hydroxyl groups excluding tert-OH is 1. The number of amides is 1. The van der Waals surface area contributed by atoms with Gasteiger partial charge in [0.2, 0.25) is 0 Å². The van der Waals surface area contributed by atoms with Crippen molar-refractivity contribution in [2.75, 3.05) is 13.1 Å². The van der Waals surface area contributed by atoms with Crippen molar-refractivity contribution in [1.29, 1.82) is 0 Å². The number of nitrogens with zero attached hydrogens (tertiary/aromatic N) is 6. The molecule has 2 aromatic heterocycles. The van der Waals surface area contributed by atoms with Crippen LogP contribution in [0.25, 0.3) is 22.5 Å². The van der Waals surface area contributed by atoms with E-state index in [0.29, 0.717) is 32.8 Å². The molecule has 1 aliphatic rings. The fraction of sp³-hybridized carbons (Fsp3) is 0.296. The van der Waals surface area contributed by atoms with Crippen molar-refractivity contribution in [1.82, 2.24) is 35.4 Å². The number of benzene rings is 2. The molecule has 0 spiro atoms. The summed E-state index contributed by atoms with van der Waals surface area (Å²) >= 11 is 12.3. The highest BCUT2D eigenvalue weighted by atomic mass is 35.5. The number of halogens is 2. The lowest BCUT2D eigenvalue weighted by atomic mass is 10.0. The standard InChI is InChI=1S/C27H27Cl2N7O2/c1-17(37)22-15-36(34-32-22)16-23-26(27(38)33-35-13-3-2-4-14-35)31-25(19-7-11-21(29)12-8-19)24(30-23)18-5-9-20(28)10-6-18/h5-12,15,17,37H,2-4,13-14,16H2,1H3,(H,33,38). The fourth-order valence-electron chi connectivity index (χ4n) is 4.32. The van der Waals surface area contributed by atoms with Gasteiger partial charge in [0, 0.05) is 34.3 Å². The molecule has 1 atom stereocenters. The maximum absolute atomic E-state index is 13.6. The average Bonchev–Trinajstić information content (AvgIpc) is 3.39. The van der Waals surface area contributed by atoms with E-state index in [1.807, 2.05) is 29.3 Å². The third-order valence-corrected chi connectivity index (χ3v) is 6.83. The van der Waals surface area contributed by atoms with E-state index >= 15 is 0 Å². The molecule has 38 heavy (non-hydrogen) atoms. The molecule has 1 fully saturated rings.